The fourth-order valence-corrected chi connectivity index (χ4v) is 4.74. The van der Waals surface area contributed by atoms with Crippen LogP contribution in [0.15, 0.2) is 29.3 Å². The van der Waals surface area contributed by atoms with Crippen molar-refractivity contribution >= 4 is 34.4 Å². The number of halogens is 1. The fourth-order valence-electron chi connectivity index (χ4n) is 3.40. The molecule has 1 aromatic carbocycles. The molecule has 27 heavy (non-hydrogen) atoms. The molecule has 3 aromatic rings. The Bertz CT molecular complexity index is 1080. The number of nitrogens with zero attached hydrogens (tertiary/aromatic N) is 4. The summed E-state index contributed by atoms with van der Waals surface area (Å²) in [6, 6.07) is 7.31. The highest BCUT2D eigenvalue weighted by Gasteiger charge is 2.31. The van der Waals surface area contributed by atoms with Gasteiger partial charge in [0.1, 0.15) is 22.7 Å². The van der Waals surface area contributed by atoms with Crippen molar-refractivity contribution in [3.05, 3.63) is 62.5 Å². The molecule has 0 spiro atoms. The number of thiophene rings is 1. The van der Waals surface area contributed by atoms with E-state index in [1.54, 1.807) is 18.3 Å². The number of hydrogen-bond donors (Lipinski definition) is 0. The third-order valence-corrected chi connectivity index (χ3v) is 6.28. The van der Waals surface area contributed by atoms with Gasteiger partial charge in [-0.25, -0.2) is 0 Å². The van der Waals surface area contributed by atoms with Crippen LogP contribution >= 0.6 is 22.9 Å². The minimum atomic E-state index is -0.367. The van der Waals surface area contributed by atoms with Crippen LogP contribution in [0.4, 0.5) is 0 Å². The second-order valence-corrected chi connectivity index (χ2v) is 8.45. The van der Waals surface area contributed by atoms with Crippen LogP contribution in [0, 0.1) is 20.8 Å². The van der Waals surface area contributed by atoms with Gasteiger partial charge in [-0.15, -0.1) is 21.5 Å². The minimum Gasteiger partial charge on any atom is -0.300 e. The lowest BCUT2D eigenvalue weighted by molar-refractivity contribution is -0.117. The molecule has 0 bridgehead atoms. The Balaban J connectivity index is 2.04. The molecule has 5 nitrogen and oxygen atoms in total. The van der Waals surface area contributed by atoms with Crippen LogP contribution in [0.2, 0.25) is 5.02 Å². The first-order valence-corrected chi connectivity index (χ1v) is 9.92. The van der Waals surface area contributed by atoms with E-state index in [4.69, 9.17) is 16.6 Å². The summed E-state index contributed by atoms with van der Waals surface area (Å²) in [5.74, 6) is 1.59. The van der Waals surface area contributed by atoms with E-state index in [0.29, 0.717) is 17.3 Å². The molecule has 0 aliphatic carbocycles. The van der Waals surface area contributed by atoms with E-state index in [2.05, 4.69) is 28.6 Å². The monoisotopic (exact) mass is 398 g/mol. The Morgan fingerprint density at radius 1 is 1.19 bits per heavy atom. The number of carbonyl (C=O) groups is 1. The van der Waals surface area contributed by atoms with Crippen molar-refractivity contribution in [2.45, 2.75) is 40.2 Å². The van der Waals surface area contributed by atoms with E-state index in [-0.39, 0.29) is 11.8 Å². The molecule has 7 heteroatoms. The Kier molecular flexibility index (Phi) is 4.48. The van der Waals surface area contributed by atoms with Crippen LogP contribution in [0.3, 0.4) is 0 Å². The molecule has 3 heterocycles. The zero-order valence-electron chi connectivity index (χ0n) is 15.6. The van der Waals surface area contributed by atoms with Crippen molar-refractivity contribution in [1.29, 1.82) is 0 Å². The summed E-state index contributed by atoms with van der Waals surface area (Å²) >= 11 is 7.79. The molecule has 0 amide bonds. The van der Waals surface area contributed by atoms with Gasteiger partial charge in [-0.1, -0.05) is 23.7 Å². The highest BCUT2D eigenvalue weighted by molar-refractivity contribution is 7.15. The van der Waals surface area contributed by atoms with Crippen LogP contribution in [0.1, 0.15) is 52.6 Å². The predicted molar refractivity (Wildman–Crippen MR) is 109 cm³/mol. The van der Waals surface area contributed by atoms with E-state index in [9.17, 15) is 4.79 Å². The summed E-state index contributed by atoms with van der Waals surface area (Å²) in [4.78, 5) is 18.2. The van der Waals surface area contributed by atoms with Gasteiger partial charge in [0.15, 0.2) is 5.82 Å². The zero-order chi connectivity index (χ0) is 19.3. The molecule has 0 radical (unpaired) electrons. The SMILES string of the molecule is CC(=O)C[C@H]1N=C(c2ccc(Cl)cc2)c2c(sc(C)c2C)-n2c(C)nnc21. The molecule has 0 saturated heterocycles. The summed E-state index contributed by atoms with van der Waals surface area (Å²) < 4.78 is 2.06. The van der Waals surface area contributed by atoms with Gasteiger partial charge in [0.2, 0.25) is 0 Å². The number of Topliss-reactive ketones (excluding diaryl/α,β-unsaturated/α-hetero) is 1. The third-order valence-electron chi connectivity index (χ3n) is 4.84. The van der Waals surface area contributed by atoms with Gasteiger partial charge in [-0.2, -0.15) is 0 Å². The number of ketones is 1. The van der Waals surface area contributed by atoms with Gasteiger partial charge < -0.3 is 0 Å². The molecule has 1 atom stereocenters. The number of fused-ring (bicyclic) bond motifs is 3. The number of benzene rings is 1. The van der Waals surface area contributed by atoms with Crippen molar-refractivity contribution in [3.8, 4) is 5.00 Å². The summed E-state index contributed by atoms with van der Waals surface area (Å²) in [6.07, 6.45) is 0.294. The first-order chi connectivity index (χ1) is 12.9. The zero-order valence-corrected chi connectivity index (χ0v) is 17.1. The normalized spacial score (nSPS) is 15.7. The molecule has 0 N–H and O–H groups in total. The Morgan fingerprint density at radius 3 is 2.56 bits per heavy atom. The lowest BCUT2D eigenvalue weighted by atomic mass is 9.99. The third kappa shape index (κ3) is 3.03. The van der Waals surface area contributed by atoms with Crippen molar-refractivity contribution in [2.75, 3.05) is 0 Å². The fraction of sp³-hybridized carbons (Fsp3) is 0.300. The first kappa shape index (κ1) is 18.1. The molecule has 0 saturated carbocycles. The number of carbonyl (C=O) groups excluding carboxylic acids is 1. The number of aromatic nitrogens is 3. The molecule has 2 aromatic heterocycles. The molecular formula is C20H19ClN4OS. The topological polar surface area (TPSA) is 60.1 Å². The maximum absolute atomic E-state index is 11.9. The Hall–Kier alpha value is -2.31. The molecule has 4 rings (SSSR count). The second-order valence-electron chi connectivity index (χ2n) is 6.81. The molecule has 1 aliphatic heterocycles. The Labute approximate surface area is 166 Å². The molecule has 0 unspecified atom stereocenters. The van der Waals surface area contributed by atoms with E-state index in [1.807, 2.05) is 31.2 Å². The smallest absolute Gasteiger partial charge is 0.163 e. The number of hydrogen-bond acceptors (Lipinski definition) is 5. The molecule has 0 fully saturated rings. The summed E-state index contributed by atoms with van der Waals surface area (Å²) in [7, 11) is 0. The highest BCUT2D eigenvalue weighted by Crippen LogP contribution is 2.39. The summed E-state index contributed by atoms with van der Waals surface area (Å²) in [5, 5.41) is 10.4. The van der Waals surface area contributed by atoms with Gasteiger partial charge >= 0.3 is 0 Å². The van der Waals surface area contributed by atoms with Gasteiger partial charge in [-0.3, -0.25) is 14.4 Å². The van der Waals surface area contributed by atoms with E-state index in [0.717, 1.165) is 27.7 Å². The van der Waals surface area contributed by atoms with Crippen molar-refractivity contribution in [2.24, 2.45) is 4.99 Å². The quantitative estimate of drug-likeness (QED) is 0.637. The largest absolute Gasteiger partial charge is 0.300 e. The van der Waals surface area contributed by atoms with E-state index < -0.39 is 0 Å². The minimum absolute atomic E-state index is 0.0737. The predicted octanol–water partition coefficient (Wildman–Crippen LogP) is 4.78. The average molecular weight is 399 g/mol. The average Bonchev–Trinajstić information content (AvgIpc) is 3.08. The molecular weight excluding hydrogens is 380 g/mol. The summed E-state index contributed by atoms with van der Waals surface area (Å²) in [5.41, 5.74) is 4.12. The second kappa shape index (κ2) is 6.69. The molecule has 138 valence electrons. The van der Waals surface area contributed by atoms with Crippen LogP contribution in [-0.4, -0.2) is 26.3 Å². The van der Waals surface area contributed by atoms with Gasteiger partial charge in [0, 0.05) is 27.4 Å². The Morgan fingerprint density at radius 2 is 1.89 bits per heavy atom. The number of aryl methyl sites for hydroxylation is 2. The number of rotatable bonds is 3. The standard InChI is InChI=1S/C20H19ClN4OS/c1-10(26)9-16-19-24-23-13(4)25(19)20-17(11(2)12(3)27-20)18(22-16)14-5-7-15(21)8-6-14/h5-8,16H,9H2,1-4H3/t16-/m1/s1. The molecule has 1 aliphatic rings. The van der Waals surface area contributed by atoms with Crippen molar-refractivity contribution < 1.29 is 4.79 Å². The number of aliphatic imine (C=N–C) groups is 1. The van der Waals surface area contributed by atoms with Crippen LogP contribution in [-0.2, 0) is 4.79 Å². The van der Waals surface area contributed by atoms with Gasteiger partial charge in [0.25, 0.3) is 0 Å². The van der Waals surface area contributed by atoms with Crippen molar-refractivity contribution in [3.63, 3.8) is 0 Å². The first-order valence-electron chi connectivity index (χ1n) is 8.72. The maximum atomic E-state index is 11.9. The van der Waals surface area contributed by atoms with Crippen molar-refractivity contribution in [1.82, 2.24) is 14.8 Å². The lowest BCUT2D eigenvalue weighted by Crippen LogP contribution is -2.09. The summed E-state index contributed by atoms with van der Waals surface area (Å²) in [6.45, 7) is 7.74. The van der Waals surface area contributed by atoms with Crippen LogP contribution in [0.5, 0.6) is 0 Å². The van der Waals surface area contributed by atoms with Gasteiger partial charge in [-0.05, 0) is 45.4 Å². The van der Waals surface area contributed by atoms with Crippen LogP contribution < -0.4 is 0 Å². The lowest BCUT2D eigenvalue weighted by Gasteiger charge is -2.11. The van der Waals surface area contributed by atoms with E-state index in [1.165, 1.54) is 10.4 Å². The van der Waals surface area contributed by atoms with Crippen LogP contribution in [0.25, 0.3) is 5.00 Å². The highest BCUT2D eigenvalue weighted by atomic mass is 35.5. The van der Waals surface area contributed by atoms with Gasteiger partial charge in [0.05, 0.1) is 5.71 Å². The maximum Gasteiger partial charge on any atom is 0.163 e. The van der Waals surface area contributed by atoms with E-state index >= 15 is 0 Å².